The summed E-state index contributed by atoms with van der Waals surface area (Å²) in [5.41, 5.74) is 0. The number of rotatable bonds is 0. The molecule has 37 valence electrons. The summed E-state index contributed by atoms with van der Waals surface area (Å²) in [5.74, 6) is 0. The van der Waals surface area contributed by atoms with Gasteiger partial charge in [-0.1, -0.05) is 0 Å². The summed E-state index contributed by atoms with van der Waals surface area (Å²) in [7, 11) is 0. The average molecular weight is 128 g/mol. The number of carbonyl (C=O) groups excluding carboxylic acids is 1. The van der Waals surface area contributed by atoms with Gasteiger partial charge < -0.3 is 20.5 Å². The van der Waals surface area contributed by atoms with E-state index in [4.69, 9.17) is 15.0 Å². The van der Waals surface area contributed by atoms with Gasteiger partial charge in [-0.05, 0) is 6.16 Å². The van der Waals surface area contributed by atoms with Gasteiger partial charge in [0.15, 0.2) is 0 Å². The Balaban J connectivity index is -0.0000000150. The van der Waals surface area contributed by atoms with Crippen molar-refractivity contribution in [1.29, 1.82) is 0 Å². The zero-order valence-electron chi connectivity index (χ0n) is 3.46. The van der Waals surface area contributed by atoms with Crippen LogP contribution in [-0.2, 0) is 0 Å². The summed E-state index contributed by atoms with van der Waals surface area (Å²) in [4.78, 5) is 8.33. The molecule has 4 nitrogen and oxygen atoms in total. The second-order valence-corrected chi connectivity index (χ2v) is 0.250. The van der Waals surface area contributed by atoms with E-state index in [1.54, 1.807) is 0 Å². The van der Waals surface area contributed by atoms with Gasteiger partial charge in [0.2, 0.25) is 0 Å². The molecule has 0 heterocycles. The lowest BCUT2D eigenvalue weighted by Crippen LogP contribution is -2.37. The van der Waals surface area contributed by atoms with Crippen molar-refractivity contribution in [2.75, 3.05) is 0 Å². The van der Waals surface area contributed by atoms with E-state index in [1.807, 2.05) is 0 Å². The SMILES string of the molecule is O=C([O-])[O-].[Al].[Mg].[OH-]. The molecular formula is CHAlMgO4-3. The van der Waals surface area contributed by atoms with Crippen LogP contribution in [0.15, 0.2) is 0 Å². The Morgan fingerprint density at radius 3 is 1.29 bits per heavy atom. The highest BCUT2D eigenvalue weighted by Crippen LogP contribution is 1.21. The molecule has 0 unspecified atom stereocenters. The van der Waals surface area contributed by atoms with Crippen molar-refractivity contribution in [2.45, 2.75) is 0 Å². The van der Waals surface area contributed by atoms with Crippen LogP contribution < -0.4 is 10.2 Å². The Hall–Kier alpha value is 0.529. The fourth-order valence-electron chi connectivity index (χ4n) is 0. The van der Waals surface area contributed by atoms with E-state index in [1.165, 1.54) is 0 Å². The smallest absolute Gasteiger partial charge is 0 e. The summed E-state index contributed by atoms with van der Waals surface area (Å²) in [6.07, 6.45) is -2.33. The minimum Gasteiger partial charge on any atom is -0.870 e. The quantitative estimate of drug-likeness (QED) is 0.318. The van der Waals surface area contributed by atoms with Crippen LogP contribution in [-0.4, -0.2) is 52.0 Å². The van der Waals surface area contributed by atoms with Gasteiger partial charge in [-0.25, -0.2) is 0 Å². The molecule has 7 heavy (non-hydrogen) atoms. The van der Waals surface area contributed by atoms with Crippen LogP contribution in [0.25, 0.3) is 0 Å². The molecule has 0 amide bonds. The van der Waals surface area contributed by atoms with Gasteiger partial charge in [-0.2, -0.15) is 0 Å². The van der Waals surface area contributed by atoms with Crippen molar-refractivity contribution in [3.8, 4) is 0 Å². The largest absolute Gasteiger partial charge is 0.870 e. The van der Waals surface area contributed by atoms with Crippen molar-refractivity contribution in [2.24, 2.45) is 0 Å². The molecule has 6 heteroatoms. The first kappa shape index (κ1) is 25.8. The molecule has 0 aromatic heterocycles. The fraction of sp³-hybridized carbons (Fsp3) is 0. The number of carboxylic acid groups (broad SMARTS) is 2. The van der Waals surface area contributed by atoms with E-state index in [-0.39, 0.29) is 45.9 Å². The zero-order valence-corrected chi connectivity index (χ0v) is 6.03. The molecule has 0 aliphatic heterocycles. The molecule has 0 aromatic rings. The first-order valence-electron chi connectivity index (χ1n) is 0.612. The van der Waals surface area contributed by atoms with Crippen LogP contribution in [0, 0.1) is 0 Å². The Morgan fingerprint density at radius 2 is 1.29 bits per heavy atom. The van der Waals surface area contributed by atoms with Crippen molar-refractivity contribution in [3.05, 3.63) is 0 Å². The molecule has 0 aliphatic rings. The third kappa shape index (κ3) is 479. The Kier molecular flexibility index (Phi) is 59.0. The maximum Gasteiger partial charge on any atom is 0 e. The van der Waals surface area contributed by atoms with Crippen LogP contribution in [0.2, 0.25) is 0 Å². The molecule has 0 fully saturated rings. The fourth-order valence-corrected chi connectivity index (χ4v) is 0. The van der Waals surface area contributed by atoms with Gasteiger partial charge in [0.1, 0.15) is 0 Å². The summed E-state index contributed by atoms with van der Waals surface area (Å²) in [5, 5.41) is 16.7. The minimum atomic E-state index is -2.33. The molecule has 5 radical (unpaired) electrons. The van der Waals surface area contributed by atoms with Gasteiger partial charge in [0, 0.05) is 40.4 Å². The lowest BCUT2D eigenvalue weighted by Gasteiger charge is -1.96. The van der Waals surface area contributed by atoms with Crippen molar-refractivity contribution in [3.63, 3.8) is 0 Å². The second kappa shape index (κ2) is 16.0. The molecule has 0 aliphatic carbocycles. The second-order valence-electron chi connectivity index (χ2n) is 0.250. The summed E-state index contributed by atoms with van der Waals surface area (Å²) >= 11 is 0. The third-order valence-electron chi connectivity index (χ3n) is 0. The van der Waals surface area contributed by atoms with E-state index in [2.05, 4.69) is 0 Å². The molecule has 0 atom stereocenters. The Bertz CT molecular complexity index is 34.7. The van der Waals surface area contributed by atoms with Gasteiger partial charge >= 0.3 is 0 Å². The topological polar surface area (TPSA) is 93.2 Å². The first-order chi connectivity index (χ1) is 1.73. The van der Waals surface area contributed by atoms with Crippen molar-refractivity contribution in [1.82, 2.24) is 0 Å². The lowest BCUT2D eigenvalue weighted by atomic mass is 11.5. The van der Waals surface area contributed by atoms with Gasteiger partial charge in [-0.15, -0.1) is 0 Å². The molecule has 0 saturated carbocycles. The van der Waals surface area contributed by atoms with E-state index in [9.17, 15) is 0 Å². The van der Waals surface area contributed by atoms with Crippen molar-refractivity contribution < 1.29 is 20.5 Å². The molecule has 0 aromatic carbocycles. The summed E-state index contributed by atoms with van der Waals surface area (Å²) < 4.78 is 0. The Labute approximate surface area is 67.1 Å². The average Bonchev–Trinajstić information content (AvgIpc) is 0.811. The standard InChI is InChI=1S/CH2O3.Al.Mg.H2O/c2-1(3)4;;;/h(H2,2,3,4);;;1H2/p-3. The highest BCUT2D eigenvalue weighted by molar-refractivity contribution is 5.76. The van der Waals surface area contributed by atoms with Gasteiger partial charge in [0.05, 0.1) is 0 Å². The molecule has 1 N–H and O–H groups in total. The van der Waals surface area contributed by atoms with Crippen LogP contribution in [0.3, 0.4) is 0 Å². The number of hydrogen-bond acceptors (Lipinski definition) is 4. The molecule has 0 bridgehead atoms. The highest BCUT2D eigenvalue weighted by atomic mass is 27.0. The molecular weight excluding hydrogens is 127 g/mol. The van der Waals surface area contributed by atoms with Crippen LogP contribution >= 0.6 is 0 Å². The van der Waals surface area contributed by atoms with Crippen LogP contribution in [0.4, 0.5) is 4.79 Å². The zero-order chi connectivity index (χ0) is 3.58. The summed E-state index contributed by atoms with van der Waals surface area (Å²) in [6.45, 7) is 0. The predicted molar refractivity (Wildman–Crippen MR) is 18.8 cm³/mol. The third-order valence-corrected chi connectivity index (χ3v) is 0. The number of carbonyl (C=O) groups is 1. The number of hydrogen-bond donors (Lipinski definition) is 0. The highest BCUT2D eigenvalue weighted by Gasteiger charge is 1.26. The normalized spacial score (nSPS) is 3.43. The molecule has 0 spiro atoms. The Morgan fingerprint density at radius 1 is 1.29 bits per heavy atom. The van der Waals surface area contributed by atoms with E-state index in [0.29, 0.717) is 0 Å². The summed E-state index contributed by atoms with van der Waals surface area (Å²) in [6, 6.07) is 0. The van der Waals surface area contributed by atoms with E-state index < -0.39 is 6.16 Å². The van der Waals surface area contributed by atoms with Crippen LogP contribution in [0.1, 0.15) is 0 Å². The maximum atomic E-state index is 8.33. The van der Waals surface area contributed by atoms with Gasteiger partial charge in [0.25, 0.3) is 0 Å². The van der Waals surface area contributed by atoms with Crippen molar-refractivity contribution >= 4 is 46.6 Å². The monoisotopic (exact) mass is 128 g/mol. The lowest BCUT2D eigenvalue weighted by molar-refractivity contribution is -0.415. The first-order valence-corrected chi connectivity index (χ1v) is 0.612. The maximum absolute atomic E-state index is 8.33. The minimum absolute atomic E-state index is 0. The van der Waals surface area contributed by atoms with Crippen LogP contribution in [0.5, 0.6) is 0 Å². The molecule has 0 saturated heterocycles. The molecule has 0 rings (SSSR count). The van der Waals surface area contributed by atoms with E-state index >= 15 is 0 Å². The van der Waals surface area contributed by atoms with E-state index in [0.717, 1.165) is 0 Å². The van der Waals surface area contributed by atoms with Gasteiger partial charge in [-0.3, -0.25) is 0 Å². The predicted octanol–water partition coefficient (Wildman–Crippen LogP) is -3.39.